The number of carbonyl (C=O) groups is 1. The van der Waals surface area contributed by atoms with Crippen molar-refractivity contribution in [2.24, 2.45) is 0 Å². The van der Waals surface area contributed by atoms with Crippen LogP contribution in [0.4, 0.5) is 5.69 Å². The molecule has 0 saturated heterocycles. The number of anilines is 1. The van der Waals surface area contributed by atoms with Gasteiger partial charge in [0.05, 0.1) is 22.1 Å². The highest BCUT2D eigenvalue weighted by Crippen LogP contribution is 2.23. The Bertz CT molecular complexity index is 965. The number of hydrogen-bond donors (Lipinski definition) is 0. The number of amides is 1. The van der Waals surface area contributed by atoms with Crippen LogP contribution >= 0.6 is 22.6 Å². The number of benzene rings is 2. The standard InChI is InChI=1S/C17H16IN3O3S/c1-20(2)25(23,24)14-7-8-16(18)15(10-14)17(22)21(3)13-6-4-5-12(9-13)11-19/h4-10H,1-3H3. The lowest BCUT2D eigenvalue weighted by molar-refractivity contribution is 0.0992. The van der Waals surface area contributed by atoms with Crippen LogP contribution in [0.15, 0.2) is 47.4 Å². The van der Waals surface area contributed by atoms with Crippen LogP contribution in [0.5, 0.6) is 0 Å². The summed E-state index contributed by atoms with van der Waals surface area (Å²) >= 11 is 2.00. The first-order valence-corrected chi connectivity index (χ1v) is 9.70. The average molecular weight is 469 g/mol. The van der Waals surface area contributed by atoms with Gasteiger partial charge in [-0.3, -0.25) is 4.79 Å². The Morgan fingerprint density at radius 1 is 1.12 bits per heavy atom. The van der Waals surface area contributed by atoms with Gasteiger partial charge in [0.15, 0.2) is 0 Å². The Morgan fingerprint density at radius 3 is 2.40 bits per heavy atom. The number of sulfonamides is 1. The molecule has 2 aromatic rings. The van der Waals surface area contributed by atoms with Crippen molar-refractivity contribution in [1.82, 2.24) is 4.31 Å². The summed E-state index contributed by atoms with van der Waals surface area (Å²) in [4.78, 5) is 14.3. The number of nitrogens with zero attached hydrogens (tertiary/aromatic N) is 3. The molecule has 0 bridgehead atoms. The fourth-order valence-electron chi connectivity index (χ4n) is 2.12. The van der Waals surface area contributed by atoms with Crippen molar-refractivity contribution < 1.29 is 13.2 Å². The highest BCUT2D eigenvalue weighted by molar-refractivity contribution is 14.1. The molecule has 0 aliphatic carbocycles. The third kappa shape index (κ3) is 4.00. The van der Waals surface area contributed by atoms with Crippen molar-refractivity contribution in [3.63, 3.8) is 0 Å². The molecule has 130 valence electrons. The van der Waals surface area contributed by atoms with E-state index in [9.17, 15) is 13.2 Å². The van der Waals surface area contributed by atoms with Gasteiger partial charge in [-0.05, 0) is 59.0 Å². The minimum absolute atomic E-state index is 0.0560. The fourth-order valence-corrected chi connectivity index (χ4v) is 3.62. The van der Waals surface area contributed by atoms with Gasteiger partial charge in [0.1, 0.15) is 0 Å². The molecule has 0 N–H and O–H groups in total. The van der Waals surface area contributed by atoms with Crippen molar-refractivity contribution >= 4 is 44.2 Å². The van der Waals surface area contributed by atoms with E-state index in [1.165, 1.54) is 31.1 Å². The molecule has 0 aliphatic heterocycles. The summed E-state index contributed by atoms with van der Waals surface area (Å²) in [5, 5.41) is 9.00. The maximum Gasteiger partial charge on any atom is 0.259 e. The van der Waals surface area contributed by atoms with Crippen LogP contribution in [0.1, 0.15) is 15.9 Å². The van der Waals surface area contributed by atoms with Crippen molar-refractivity contribution in [3.8, 4) is 6.07 Å². The van der Waals surface area contributed by atoms with Gasteiger partial charge in [-0.1, -0.05) is 6.07 Å². The highest BCUT2D eigenvalue weighted by Gasteiger charge is 2.22. The zero-order valence-electron chi connectivity index (χ0n) is 13.9. The van der Waals surface area contributed by atoms with Gasteiger partial charge < -0.3 is 4.90 Å². The molecule has 8 heteroatoms. The van der Waals surface area contributed by atoms with E-state index < -0.39 is 10.0 Å². The number of rotatable bonds is 4. The van der Waals surface area contributed by atoms with Crippen molar-refractivity contribution in [2.45, 2.75) is 4.90 Å². The van der Waals surface area contributed by atoms with Gasteiger partial charge in [-0.15, -0.1) is 0 Å². The Morgan fingerprint density at radius 2 is 1.80 bits per heavy atom. The van der Waals surface area contributed by atoms with E-state index in [0.717, 1.165) is 4.31 Å². The van der Waals surface area contributed by atoms with Crippen LogP contribution in [0.25, 0.3) is 0 Å². The van der Waals surface area contributed by atoms with Crippen molar-refractivity contribution in [1.29, 1.82) is 5.26 Å². The van der Waals surface area contributed by atoms with Crippen LogP contribution in [0.3, 0.4) is 0 Å². The van der Waals surface area contributed by atoms with Crippen LogP contribution in [0, 0.1) is 14.9 Å². The van der Waals surface area contributed by atoms with Crippen LogP contribution in [-0.2, 0) is 10.0 Å². The monoisotopic (exact) mass is 469 g/mol. The smallest absolute Gasteiger partial charge is 0.259 e. The summed E-state index contributed by atoms with van der Waals surface area (Å²) < 4.78 is 26.4. The lowest BCUT2D eigenvalue weighted by Crippen LogP contribution is -2.28. The van der Waals surface area contributed by atoms with Crippen LogP contribution in [-0.4, -0.2) is 39.8 Å². The average Bonchev–Trinajstić information content (AvgIpc) is 2.60. The number of carbonyl (C=O) groups excluding carboxylic acids is 1. The second-order valence-corrected chi connectivity index (χ2v) is 8.77. The molecule has 6 nitrogen and oxygen atoms in total. The van der Waals surface area contributed by atoms with Gasteiger partial charge >= 0.3 is 0 Å². The molecule has 0 saturated carbocycles. The molecular formula is C17H16IN3O3S. The Balaban J connectivity index is 2.47. The summed E-state index contributed by atoms with van der Waals surface area (Å²) in [5.74, 6) is -0.352. The zero-order valence-corrected chi connectivity index (χ0v) is 16.9. The largest absolute Gasteiger partial charge is 0.311 e. The van der Waals surface area contributed by atoms with E-state index >= 15 is 0 Å². The maximum absolute atomic E-state index is 12.8. The summed E-state index contributed by atoms with van der Waals surface area (Å²) in [6.07, 6.45) is 0. The lowest BCUT2D eigenvalue weighted by Gasteiger charge is -2.19. The van der Waals surface area contributed by atoms with E-state index in [0.29, 0.717) is 14.8 Å². The molecule has 1 amide bonds. The third-order valence-corrected chi connectivity index (χ3v) is 6.37. The SMILES string of the molecule is CN(C(=O)c1cc(S(=O)(=O)N(C)C)ccc1I)c1cccc(C#N)c1. The first-order valence-electron chi connectivity index (χ1n) is 7.19. The van der Waals surface area contributed by atoms with Gasteiger partial charge in [0, 0.05) is 30.4 Å². The van der Waals surface area contributed by atoms with Crippen LogP contribution < -0.4 is 4.90 Å². The molecule has 25 heavy (non-hydrogen) atoms. The summed E-state index contributed by atoms with van der Waals surface area (Å²) in [6, 6.07) is 13.1. The van der Waals surface area contributed by atoms with E-state index in [4.69, 9.17) is 5.26 Å². The van der Waals surface area contributed by atoms with Crippen LogP contribution in [0.2, 0.25) is 0 Å². The van der Waals surface area contributed by atoms with Gasteiger partial charge in [-0.2, -0.15) is 5.26 Å². The minimum atomic E-state index is -3.63. The highest BCUT2D eigenvalue weighted by atomic mass is 127. The molecule has 0 aliphatic rings. The first kappa shape index (κ1) is 19.4. The van der Waals surface area contributed by atoms with Crippen molar-refractivity contribution in [2.75, 3.05) is 26.0 Å². The van der Waals surface area contributed by atoms with E-state index in [2.05, 4.69) is 0 Å². The predicted molar refractivity (Wildman–Crippen MR) is 104 cm³/mol. The summed E-state index contributed by atoms with van der Waals surface area (Å²) in [5.41, 5.74) is 1.28. The predicted octanol–water partition coefficient (Wildman–Crippen LogP) is 2.69. The Labute approximate surface area is 160 Å². The molecule has 0 radical (unpaired) electrons. The number of nitriles is 1. The van der Waals surface area contributed by atoms with E-state index in [-0.39, 0.29) is 16.4 Å². The Hall–Kier alpha value is -1.96. The fraction of sp³-hybridized carbons (Fsp3) is 0.176. The molecule has 2 rings (SSSR count). The molecular weight excluding hydrogens is 453 g/mol. The minimum Gasteiger partial charge on any atom is -0.311 e. The number of halogens is 1. The first-order chi connectivity index (χ1) is 11.7. The summed E-state index contributed by atoms with van der Waals surface area (Å²) in [7, 11) is 0.828. The quantitative estimate of drug-likeness (QED) is 0.645. The topological polar surface area (TPSA) is 81.5 Å². The molecule has 0 aromatic heterocycles. The molecule has 0 spiro atoms. The molecule has 0 unspecified atom stereocenters. The van der Waals surface area contributed by atoms with Gasteiger partial charge in [0.2, 0.25) is 10.0 Å². The third-order valence-electron chi connectivity index (χ3n) is 3.61. The van der Waals surface area contributed by atoms with E-state index in [1.54, 1.807) is 37.4 Å². The second-order valence-electron chi connectivity index (χ2n) is 5.46. The summed E-state index contributed by atoms with van der Waals surface area (Å²) in [6.45, 7) is 0. The van der Waals surface area contributed by atoms with Crippen molar-refractivity contribution in [3.05, 3.63) is 57.2 Å². The van der Waals surface area contributed by atoms with Gasteiger partial charge in [0.25, 0.3) is 5.91 Å². The Kier molecular flexibility index (Phi) is 5.82. The molecule has 2 aromatic carbocycles. The van der Waals surface area contributed by atoms with E-state index in [1.807, 2.05) is 28.7 Å². The normalized spacial score (nSPS) is 11.2. The molecule has 0 atom stereocenters. The molecule has 0 heterocycles. The second kappa shape index (κ2) is 7.51. The molecule has 0 fully saturated rings. The maximum atomic E-state index is 12.8. The number of hydrogen-bond acceptors (Lipinski definition) is 4. The van der Waals surface area contributed by atoms with Gasteiger partial charge in [-0.25, -0.2) is 12.7 Å². The zero-order chi connectivity index (χ0) is 18.8. The lowest BCUT2D eigenvalue weighted by atomic mass is 10.1.